The fraction of sp³-hybridized carbons (Fsp3) is 0.880. The Balaban J connectivity index is 0. The molecule has 0 aliphatic rings. The van der Waals surface area contributed by atoms with E-state index in [2.05, 4.69) is 6.92 Å². The average molecular weight is 433 g/mol. The second-order valence-electron chi connectivity index (χ2n) is 9.07. The molecule has 0 heterocycles. The van der Waals surface area contributed by atoms with Crippen LogP contribution in [0.2, 0.25) is 0 Å². The van der Waals surface area contributed by atoms with Gasteiger partial charge in [0.15, 0.2) is 0 Å². The SMILES string of the molecule is CCCCCCCCCCCC(=O)CCCCCC(CC(=O)CC(C)C)C(=O)[O-].[Na+]. The van der Waals surface area contributed by atoms with Gasteiger partial charge in [-0.2, -0.15) is 0 Å². The predicted molar refractivity (Wildman–Crippen MR) is 118 cm³/mol. The van der Waals surface area contributed by atoms with Gasteiger partial charge in [0.25, 0.3) is 0 Å². The summed E-state index contributed by atoms with van der Waals surface area (Å²) in [5.74, 6) is -1.22. The molecular weight excluding hydrogens is 387 g/mol. The van der Waals surface area contributed by atoms with Crippen molar-refractivity contribution < 1.29 is 49.0 Å². The van der Waals surface area contributed by atoms with E-state index in [1.165, 1.54) is 44.9 Å². The van der Waals surface area contributed by atoms with E-state index in [1.54, 1.807) is 0 Å². The summed E-state index contributed by atoms with van der Waals surface area (Å²) in [5.41, 5.74) is 0. The van der Waals surface area contributed by atoms with Gasteiger partial charge in [-0.25, -0.2) is 0 Å². The van der Waals surface area contributed by atoms with Gasteiger partial charge >= 0.3 is 29.6 Å². The first kappa shape index (κ1) is 32.0. The first-order chi connectivity index (χ1) is 13.9. The van der Waals surface area contributed by atoms with Crippen LogP contribution in [0.25, 0.3) is 0 Å². The fourth-order valence-corrected chi connectivity index (χ4v) is 3.76. The third kappa shape index (κ3) is 21.1. The number of Topliss-reactive ketones (excluding diaryl/α,β-unsaturated/α-hetero) is 2. The monoisotopic (exact) mass is 432 g/mol. The summed E-state index contributed by atoms with van der Waals surface area (Å²) in [6.07, 6.45) is 16.0. The van der Waals surface area contributed by atoms with Crippen LogP contribution in [0.1, 0.15) is 130 Å². The Morgan fingerprint density at radius 1 is 0.667 bits per heavy atom. The molecule has 0 radical (unpaired) electrons. The van der Waals surface area contributed by atoms with Crippen molar-refractivity contribution in [2.75, 3.05) is 0 Å². The number of hydrogen-bond acceptors (Lipinski definition) is 4. The van der Waals surface area contributed by atoms with Crippen LogP contribution in [0.5, 0.6) is 0 Å². The first-order valence-electron chi connectivity index (χ1n) is 12.1. The Kier molecular flexibility index (Phi) is 23.5. The minimum atomic E-state index is -1.12. The molecule has 0 N–H and O–H groups in total. The van der Waals surface area contributed by atoms with Gasteiger partial charge in [-0.05, 0) is 25.2 Å². The molecule has 0 aromatic carbocycles. The van der Waals surface area contributed by atoms with Gasteiger partial charge in [0.1, 0.15) is 11.6 Å². The molecule has 0 aromatic heterocycles. The van der Waals surface area contributed by atoms with E-state index in [9.17, 15) is 19.5 Å². The molecule has 0 aliphatic heterocycles. The van der Waals surface area contributed by atoms with E-state index in [0.29, 0.717) is 31.5 Å². The summed E-state index contributed by atoms with van der Waals surface area (Å²) >= 11 is 0. The number of carbonyl (C=O) groups excluding carboxylic acids is 3. The van der Waals surface area contributed by atoms with Crippen molar-refractivity contribution >= 4 is 17.5 Å². The molecule has 30 heavy (non-hydrogen) atoms. The summed E-state index contributed by atoms with van der Waals surface area (Å²) in [7, 11) is 0. The third-order valence-electron chi connectivity index (χ3n) is 5.51. The standard InChI is InChI=1S/C25H46O4.Na/c1-4-5-6-7-8-9-10-11-14-17-23(26)18-15-12-13-16-22(25(28)29)20-24(27)19-21(2)3;/h21-22H,4-20H2,1-3H3,(H,28,29);/q;+1/p-1. The maximum Gasteiger partial charge on any atom is 1.00 e. The van der Waals surface area contributed by atoms with E-state index in [1.807, 2.05) is 13.8 Å². The smallest absolute Gasteiger partial charge is 0.550 e. The zero-order valence-electron chi connectivity index (χ0n) is 20.3. The largest absolute Gasteiger partial charge is 1.00 e. The molecule has 0 aromatic rings. The molecule has 0 saturated heterocycles. The Morgan fingerprint density at radius 3 is 1.60 bits per heavy atom. The number of carboxylic acid groups (broad SMARTS) is 1. The van der Waals surface area contributed by atoms with E-state index >= 15 is 0 Å². The molecule has 0 spiro atoms. The van der Waals surface area contributed by atoms with E-state index in [0.717, 1.165) is 32.1 Å². The zero-order valence-corrected chi connectivity index (χ0v) is 22.3. The van der Waals surface area contributed by atoms with E-state index in [4.69, 9.17) is 0 Å². The molecule has 4 nitrogen and oxygen atoms in total. The van der Waals surface area contributed by atoms with E-state index in [-0.39, 0.29) is 47.7 Å². The molecule has 1 unspecified atom stereocenters. The first-order valence-corrected chi connectivity index (χ1v) is 12.1. The third-order valence-corrected chi connectivity index (χ3v) is 5.51. The van der Waals surface area contributed by atoms with Crippen molar-refractivity contribution in [2.45, 2.75) is 130 Å². The fourth-order valence-electron chi connectivity index (χ4n) is 3.76. The van der Waals surface area contributed by atoms with Crippen LogP contribution in [-0.2, 0) is 14.4 Å². The van der Waals surface area contributed by atoms with Crippen molar-refractivity contribution in [3.05, 3.63) is 0 Å². The maximum atomic E-state index is 12.0. The summed E-state index contributed by atoms with van der Waals surface area (Å²) < 4.78 is 0. The van der Waals surface area contributed by atoms with Crippen LogP contribution in [-0.4, -0.2) is 17.5 Å². The Labute approximate surface area is 207 Å². The summed E-state index contributed by atoms with van der Waals surface area (Å²) in [6.45, 7) is 6.15. The van der Waals surface area contributed by atoms with E-state index < -0.39 is 11.9 Å². The number of carboxylic acids is 1. The number of aliphatic carboxylic acids is 1. The molecule has 0 aliphatic carbocycles. The van der Waals surface area contributed by atoms with Gasteiger partial charge in [0, 0.05) is 37.6 Å². The van der Waals surface area contributed by atoms with Crippen molar-refractivity contribution in [3.63, 3.8) is 0 Å². The number of carbonyl (C=O) groups is 3. The second kappa shape index (κ2) is 22.0. The topological polar surface area (TPSA) is 74.3 Å². The molecule has 5 heteroatoms. The summed E-state index contributed by atoms with van der Waals surface area (Å²) in [5, 5.41) is 11.2. The molecule has 0 rings (SSSR count). The quantitative estimate of drug-likeness (QED) is 0.206. The molecule has 0 saturated carbocycles. The molecule has 170 valence electrons. The summed E-state index contributed by atoms with van der Waals surface area (Å²) in [6, 6.07) is 0. The molecule has 1 atom stereocenters. The molecule has 0 bridgehead atoms. The predicted octanol–water partition coefficient (Wildman–Crippen LogP) is 2.80. The Bertz CT molecular complexity index is 448. The normalized spacial score (nSPS) is 11.9. The Hall–Kier alpha value is -0.190. The van der Waals surface area contributed by atoms with Gasteiger partial charge in [-0.3, -0.25) is 9.59 Å². The van der Waals surface area contributed by atoms with Crippen molar-refractivity contribution in [2.24, 2.45) is 11.8 Å². The molecule has 0 fully saturated rings. The zero-order chi connectivity index (χ0) is 21.9. The maximum absolute atomic E-state index is 12.0. The van der Waals surface area contributed by atoms with Crippen LogP contribution >= 0.6 is 0 Å². The van der Waals surface area contributed by atoms with Crippen LogP contribution < -0.4 is 34.7 Å². The van der Waals surface area contributed by atoms with Gasteiger partial charge in [-0.1, -0.05) is 85.0 Å². The number of rotatable bonds is 21. The minimum absolute atomic E-state index is 0. The van der Waals surface area contributed by atoms with Crippen molar-refractivity contribution in [3.8, 4) is 0 Å². The van der Waals surface area contributed by atoms with Gasteiger partial charge in [0.05, 0.1) is 0 Å². The summed E-state index contributed by atoms with van der Waals surface area (Å²) in [4.78, 5) is 35.0. The molecule has 0 amide bonds. The Morgan fingerprint density at radius 2 is 1.13 bits per heavy atom. The van der Waals surface area contributed by atoms with Crippen molar-refractivity contribution in [1.82, 2.24) is 0 Å². The van der Waals surface area contributed by atoms with Gasteiger partial charge in [0.2, 0.25) is 0 Å². The van der Waals surface area contributed by atoms with Crippen LogP contribution in [0.4, 0.5) is 0 Å². The number of hydrogen-bond donors (Lipinski definition) is 0. The minimum Gasteiger partial charge on any atom is -0.550 e. The number of ketones is 2. The second-order valence-corrected chi connectivity index (χ2v) is 9.07. The van der Waals surface area contributed by atoms with Crippen LogP contribution in [0, 0.1) is 11.8 Å². The number of unbranched alkanes of at least 4 members (excludes halogenated alkanes) is 10. The van der Waals surface area contributed by atoms with Crippen LogP contribution in [0.15, 0.2) is 0 Å². The van der Waals surface area contributed by atoms with Crippen molar-refractivity contribution in [1.29, 1.82) is 0 Å². The van der Waals surface area contributed by atoms with Gasteiger partial charge < -0.3 is 9.90 Å². The molecular formula is C25H45NaO4. The van der Waals surface area contributed by atoms with Gasteiger partial charge in [-0.15, -0.1) is 0 Å². The van der Waals surface area contributed by atoms with Crippen LogP contribution in [0.3, 0.4) is 0 Å². The average Bonchev–Trinajstić information content (AvgIpc) is 2.64.